The number of thiocarbonyl (C=S) groups is 1. The topological polar surface area (TPSA) is 57.1 Å². The Kier molecular flexibility index (Phi) is 7.09. The zero-order chi connectivity index (χ0) is 10.4. The van der Waals surface area contributed by atoms with E-state index in [9.17, 15) is 0 Å². The van der Waals surface area contributed by atoms with Gasteiger partial charge in [-0.15, -0.1) is 0 Å². The van der Waals surface area contributed by atoms with Crippen molar-refractivity contribution in [2.45, 2.75) is 0 Å². The van der Waals surface area contributed by atoms with Crippen LogP contribution in [0, 0.1) is 11.5 Å². The van der Waals surface area contributed by atoms with Crippen LogP contribution in [0.5, 0.6) is 5.75 Å². The van der Waals surface area contributed by atoms with Crippen molar-refractivity contribution in [1.82, 2.24) is 5.32 Å². The Morgan fingerprint density at radius 2 is 2.00 bits per heavy atom. The molecule has 0 fully saturated rings. The van der Waals surface area contributed by atoms with Crippen molar-refractivity contribution in [3.63, 3.8) is 0 Å². The monoisotopic (exact) mass is 231 g/mol. The first-order valence-corrected chi connectivity index (χ1v) is 4.27. The van der Waals surface area contributed by atoms with E-state index in [1.54, 1.807) is 25.4 Å². The Morgan fingerprint density at radius 1 is 1.40 bits per heavy atom. The molecule has 4 nitrogen and oxygen atoms in total. The number of nitrogens with zero attached hydrogens (tertiary/aromatic N) is 1. The summed E-state index contributed by atoms with van der Waals surface area (Å²) in [6.07, 6.45) is 1.73. The Balaban J connectivity index is 0.00000196. The van der Waals surface area contributed by atoms with E-state index in [0.29, 0.717) is 0 Å². The van der Waals surface area contributed by atoms with E-state index in [2.05, 4.69) is 10.6 Å². The van der Waals surface area contributed by atoms with Gasteiger partial charge in [0.1, 0.15) is 5.75 Å². The van der Waals surface area contributed by atoms with Gasteiger partial charge in [-0.3, -0.25) is 5.32 Å². The molecule has 74 valence electrons. The minimum absolute atomic E-state index is 0. The fourth-order valence-electron chi connectivity index (χ4n) is 0.887. The first-order valence-electron chi connectivity index (χ1n) is 3.86. The van der Waals surface area contributed by atoms with Crippen LogP contribution in [0.25, 0.3) is 0 Å². The van der Waals surface area contributed by atoms with Crippen LogP contribution in [0.2, 0.25) is 0 Å². The van der Waals surface area contributed by atoms with E-state index >= 15 is 0 Å². The molecule has 2 N–H and O–H groups in total. The summed E-state index contributed by atoms with van der Waals surface area (Å²) >= 11 is 4.82. The Hall–Kier alpha value is -0.800. The number of ether oxygens (including phenoxy) is 1. The van der Waals surface area contributed by atoms with Crippen LogP contribution in [-0.2, 0) is 0 Å². The summed E-state index contributed by atoms with van der Waals surface area (Å²) in [6.45, 7) is 0. The van der Waals surface area contributed by atoms with E-state index in [1.807, 2.05) is 12.1 Å². The number of anilines is 1. The first kappa shape index (κ1) is 14.2. The van der Waals surface area contributed by atoms with Gasteiger partial charge in [0.05, 0.1) is 7.11 Å². The molecule has 0 heterocycles. The van der Waals surface area contributed by atoms with Gasteiger partial charge in [0.25, 0.3) is 0 Å². The van der Waals surface area contributed by atoms with Gasteiger partial charge >= 0.3 is 29.6 Å². The van der Waals surface area contributed by atoms with E-state index in [4.69, 9.17) is 22.2 Å². The molecule has 0 aliphatic rings. The fourth-order valence-corrected chi connectivity index (χ4v) is 1.05. The summed E-state index contributed by atoms with van der Waals surface area (Å²) in [4.78, 5) is 0. The molecule has 1 aromatic carbocycles. The Bertz CT molecular complexity index is 361. The third kappa shape index (κ3) is 5.00. The van der Waals surface area contributed by atoms with Crippen LogP contribution in [-0.4, -0.2) is 41.8 Å². The van der Waals surface area contributed by atoms with Crippen LogP contribution >= 0.6 is 12.2 Å². The quantitative estimate of drug-likeness (QED) is 0.341. The van der Waals surface area contributed by atoms with Gasteiger partial charge in [0.2, 0.25) is 0 Å². The van der Waals surface area contributed by atoms with Gasteiger partial charge < -0.3 is 10.1 Å². The maximum absolute atomic E-state index is 8.29. The van der Waals surface area contributed by atoms with Gasteiger partial charge in [-0.1, -0.05) is 0 Å². The molecule has 0 unspecified atom stereocenters. The number of hydrogen-bond acceptors (Lipinski definition) is 3. The molecule has 0 aliphatic heterocycles. The van der Waals surface area contributed by atoms with Crippen LogP contribution in [0.4, 0.5) is 5.69 Å². The van der Waals surface area contributed by atoms with Crippen molar-refractivity contribution in [1.29, 1.82) is 5.26 Å². The number of benzene rings is 1. The second kappa shape index (κ2) is 7.49. The molecule has 0 bridgehead atoms. The van der Waals surface area contributed by atoms with Crippen LogP contribution in [0.3, 0.4) is 0 Å². The molecule has 0 saturated carbocycles. The summed E-state index contributed by atoms with van der Waals surface area (Å²) in [5.74, 6) is 0.773. The number of nitrogens with one attached hydrogen (secondary N) is 2. The van der Waals surface area contributed by atoms with Crippen LogP contribution in [0.1, 0.15) is 0 Å². The molecule has 15 heavy (non-hydrogen) atoms. The average Bonchev–Trinajstić information content (AvgIpc) is 2.19. The predicted octanol–water partition coefficient (Wildman–Crippen LogP) is 0.814. The molecule has 1 aromatic rings. The normalized spacial score (nSPS) is 8.00. The van der Waals surface area contributed by atoms with Crippen LogP contribution < -0.4 is 15.4 Å². The number of rotatable bonds is 2. The fraction of sp³-hybridized carbons (Fsp3) is 0.111. The van der Waals surface area contributed by atoms with Crippen molar-refractivity contribution in [2.75, 3.05) is 12.4 Å². The van der Waals surface area contributed by atoms with Crippen molar-refractivity contribution in [3.8, 4) is 11.9 Å². The maximum atomic E-state index is 8.29. The molecule has 0 aromatic heterocycles. The van der Waals surface area contributed by atoms with E-state index in [0.717, 1.165) is 11.4 Å². The molecule has 0 radical (unpaired) electrons. The summed E-state index contributed by atoms with van der Waals surface area (Å²) in [7, 11) is 1.60. The molecule has 0 atom stereocenters. The Morgan fingerprint density at radius 3 is 2.47 bits per heavy atom. The standard InChI is InChI=1S/C9H9N3OS.Na.H/c1-13-8-4-2-7(3-5-8)12-9(14)11-6-10;;/h2-5H,1H3,(H2,11,12,14);;. The molecule has 6 heteroatoms. The van der Waals surface area contributed by atoms with Gasteiger partial charge in [-0.2, -0.15) is 5.26 Å². The number of nitriles is 1. The molecule has 0 spiro atoms. The van der Waals surface area contributed by atoms with Gasteiger partial charge in [-0.25, -0.2) is 0 Å². The zero-order valence-corrected chi connectivity index (χ0v) is 8.39. The molecule has 0 amide bonds. The van der Waals surface area contributed by atoms with Crippen LogP contribution in [0.15, 0.2) is 24.3 Å². The van der Waals surface area contributed by atoms with Gasteiger partial charge in [-0.05, 0) is 36.5 Å². The second-order valence-corrected chi connectivity index (χ2v) is 2.83. The summed E-state index contributed by atoms with van der Waals surface area (Å²) in [6, 6.07) is 7.23. The molecular formula is C9H10N3NaOS. The van der Waals surface area contributed by atoms with E-state index < -0.39 is 0 Å². The van der Waals surface area contributed by atoms with Crippen molar-refractivity contribution in [2.24, 2.45) is 0 Å². The molecule has 1 rings (SSSR count). The SMILES string of the molecule is COc1ccc(NC(=S)NC#N)cc1.[NaH]. The van der Waals surface area contributed by atoms with Crippen molar-refractivity contribution >= 4 is 52.6 Å². The summed E-state index contributed by atoms with van der Waals surface area (Å²) in [5, 5.41) is 13.7. The molecule has 0 aliphatic carbocycles. The molecule has 0 saturated heterocycles. The van der Waals surface area contributed by atoms with Crippen molar-refractivity contribution < 1.29 is 4.74 Å². The molecular weight excluding hydrogens is 221 g/mol. The zero-order valence-electron chi connectivity index (χ0n) is 7.57. The van der Waals surface area contributed by atoms with E-state index in [1.165, 1.54) is 0 Å². The van der Waals surface area contributed by atoms with Gasteiger partial charge in [0.15, 0.2) is 11.3 Å². The third-order valence-electron chi connectivity index (χ3n) is 1.52. The number of hydrogen-bond donors (Lipinski definition) is 2. The Labute approximate surface area is 116 Å². The summed E-state index contributed by atoms with van der Waals surface area (Å²) in [5.41, 5.74) is 0.804. The second-order valence-electron chi connectivity index (χ2n) is 2.42. The van der Waals surface area contributed by atoms with Gasteiger partial charge in [0, 0.05) is 5.69 Å². The average molecular weight is 231 g/mol. The number of methoxy groups -OCH3 is 1. The predicted molar refractivity (Wildman–Crippen MR) is 65.1 cm³/mol. The summed E-state index contributed by atoms with van der Waals surface area (Å²) < 4.78 is 4.99. The third-order valence-corrected chi connectivity index (χ3v) is 1.72. The van der Waals surface area contributed by atoms with Crippen molar-refractivity contribution in [3.05, 3.63) is 24.3 Å². The van der Waals surface area contributed by atoms with E-state index in [-0.39, 0.29) is 34.7 Å². The first-order chi connectivity index (χ1) is 6.76. The minimum atomic E-state index is 0.